The molecule has 0 aliphatic carbocycles. The number of hydrogen-bond donors (Lipinski definition) is 1. The molecule has 4 heteroatoms. The van der Waals surface area contributed by atoms with E-state index in [4.69, 9.17) is 0 Å². The maximum atomic E-state index is 11.3. The minimum absolute atomic E-state index is 0. The average Bonchev–Trinajstić information content (AvgIpc) is 2.27. The van der Waals surface area contributed by atoms with Crippen LogP contribution in [0.15, 0.2) is 30.3 Å². The van der Waals surface area contributed by atoms with Crippen molar-refractivity contribution < 1.29 is 9.90 Å². The van der Waals surface area contributed by atoms with E-state index >= 15 is 0 Å². The van der Waals surface area contributed by atoms with Crippen LogP contribution in [0.3, 0.4) is 0 Å². The Morgan fingerprint density at radius 2 is 1.94 bits per heavy atom. The molecule has 0 fully saturated rings. The lowest BCUT2D eigenvalue weighted by Crippen LogP contribution is -2.31. The number of benzene rings is 1. The van der Waals surface area contributed by atoms with Crippen LogP contribution in [0.25, 0.3) is 0 Å². The molecule has 1 N–H and O–H groups in total. The number of unbranched alkanes of at least 4 members (excludes halogenated alkanes) is 1. The van der Waals surface area contributed by atoms with Gasteiger partial charge in [0, 0.05) is 0 Å². The molecular formula is C13H20ClNO2. The molecule has 1 rings (SSSR count). The van der Waals surface area contributed by atoms with Gasteiger partial charge in [0.2, 0.25) is 0 Å². The van der Waals surface area contributed by atoms with Gasteiger partial charge in [0.25, 0.3) is 0 Å². The largest absolute Gasteiger partial charge is 0.480 e. The second-order valence-corrected chi connectivity index (χ2v) is 3.99. The molecule has 0 aliphatic rings. The van der Waals surface area contributed by atoms with E-state index in [2.05, 4.69) is 6.92 Å². The maximum Gasteiger partial charge on any atom is 0.325 e. The molecule has 1 aromatic carbocycles. The van der Waals surface area contributed by atoms with Crippen molar-refractivity contribution in [1.29, 1.82) is 0 Å². The van der Waals surface area contributed by atoms with Crippen LogP contribution in [-0.4, -0.2) is 29.6 Å². The van der Waals surface area contributed by atoms with Gasteiger partial charge in [0.1, 0.15) is 6.04 Å². The monoisotopic (exact) mass is 257 g/mol. The second kappa shape index (κ2) is 8.09. The SMILES string of the molecule is CCCCN(C)C(C(=O)O)c1ccccc1.Cl. The van der Waals surface area contributed by atoms with E-state index in [-0.39, 0.29) is 12.4 Å². The lowest BCUT2D eigenvalue weighted by molar-refractivity contribution is -0.143. The number of nitrogens with zero attached hydrogens (tertiary/aromatic N) is 1. The molecule has 0 amide bonds. The van der Waals surface area contributed by atoms with Gasteiger partial charge in [-0.05, 0) is 25.6 Å². The van der Waals surface area contributed by atoms with Gasteiger partial charge in [0.15, 0.2) is 0 Å². The molecule has 0 radical (unpaired) electrons. The van der Waals surface area contributed by atoms with Crippen LogP contribution < -0.4 is 0 Å². The van der Waals surface area contributed by atoms with Gasteiger partial charge in [-0.1, -0.05) is 43.7 Å². The van der Waals surface area contributed by atoms with Crippen molar-refractivity contribution in [2.24, 2.45) is 0 Å². The number of likely N-dealkylation sites (N-methyl/N-ethyl adjacent to an activating group) is 1. The van der Waals surface area contributed by atoms with Crippen LogP contribution in [0.5, 0.6) is 0 Å². The highest BCUT2D eigenvalue weighted by Gasteiger charge is 2.23. The summed E-state index contributed by atoms with van der Waals surface area (Å²) in [6, 6.07) is 8.84. The van der Waals surface area contributed by atoms with Crippen LogP contribution in [-0.2, 0) is 4.79 Å². The van der Waals surface area contributed by atoms with Gasteiger partial charge in [-0.15, -0.1) is 12.4 Å². The van der Waals surface area contributed by atoms with Crippen molar-refractivity contribution in [3.63, 3.8) is 0 Å². The quantitative estimate of drug-likeness (QED) is 0.852. The fourth-order valence-electron chi connectivity index (χ4n) is 1.76. The Labute approximate surface area is 109 Å². The van der Waals surface area contributed by atoms with E-state index < -0.39 is 12.0 Å². The third kappa shape index (κ3) is 4.75. The molecule has 3 nitrogen and oxygen atoms in total. The van der Waals surface area contributed by atoms with Crippen LogP contribution in [0.1, 0.15) is 31.4 Å². The molecule has 0 aliphatic heterocycles. The summed E-state index contributed by atoms with van der Waals surface area (Å²) in [6.07, 6.45) is 2.10. The first-order chi connectivity index (χ1) is 7.66. The first-order valence-electron chi connectivity index (χ1n) is 5.64. The summed E-state index contributed by atoms with van der Waals surface area (Å²) in [5, 5.41) is 9.25. The summed E-state index contributed by atoms with van der Waals surface area (Å²) in [7, 11) is 1.86. The van der Waals surface area contributed by atoms with Crippen LogP contribution in [0.2, 0.25) is 0 Å². The number of rotatable bonds is 6. The Kier molecular flexibility index (Phi) is 7.59. The Bertz CT molecular complexity index is 329. The molecule has 0 aromatic heterocycles. The minimum Gasteiger partial charge on any atom is -0.480 e. The maximum absolute atomic E-state index is 11.3. The number of carbonyl (C=O) groups is 1. The van der Waals surface area contributed by atoms with E-state index in [1.165, 1.54) is 0 Å². The van der Waals surface area contributed by atoms with Gasteiger partial charge in [-0.3, -0.25) is 9.69 Å². The molecule has 0 spiro atoms. The predicted molar refractivity (Wildman–Crippen MR) is 71.6 cm³/mol. The lowest BCUT2D eigenvalue weighted by Gasteiger charge is -2.24. The average molecular weight is 258 g/mol. The van der Waals surface area contributed by atoms with Crippen molar-refractivity contribution in [3.8, 4) is 0 Å². The Balaban J connectivity index is 0.00000256. The van der Waals surface area contributed by atoms with Gasteiger partial charge in [-0.2, -0.15) is 0 Å². The summed E-state index contributed by atoms with van der Waals surface area (Å²) in [4.78, 5) is 13.2. The van der Waals surface area contributed by atoms with E-state index in [9.17, 15) is 9.90 Å². The first-order valence-corrected chi connectivity index (χ1v) is 5.64. The van der Waals surface area contributed by atoms with Crippen molar-refractivity contribution >= 4 is 18.4 Å². The zero-order chi connectivity index (χ0) is 12.0. The highest BCUT2D eigenvalue weighted by Crippen LogP contribution is 2.19. The van der Waals surface area contributed by atoms with E-state index in [1.54, 1.807) is 0 Å². The number of aliphatic carboxylic acids is 1. The van der Waals surface area contributed by atoms with Crippen LogP contribution in [0, 0.1) is 0 Å². The molecule has 96 valence electrons. The number of hydrogen-bond acceptors (Lipinski definition) is 2. The summed E-state index contributed by atoms with van der Waals surface area (Å²) < 4.78 is 0. The van der Waals surface area contributed by atoms with Gasteiger partial charge < -0.3 is 5.11 Å². The third-order valence-electron chi connectivity index (χ3n) is 2.65. The van der Waals surface area contributed by atoms with Crippen molar-refractivity contribution in [2.45, 2.75) is 25.8 Å². The third-order valence-corrected chi connectivity index (χ3v) is 2.65. The number of carboxylic acids is 1. The second-order valence-electron chi connectivity index (χ2n) is 3.99. The van der Waals surface area contributed by atoms with Crippen molar-refractivity contribution in [1.82, 2.24) is 4.90 Å². The zero-order valence-electron chi connectivity index (χ0n) is 10.3. The van der Waals surface area contributed by atoms with E-state index in [1.807, 2.05) is 42.3 Å². The molecule has 0 heterocycles. The zero-order valence-corrected chi connectivity index (χ0v) is 11.1. The fourth-order valence-corrected chi connectivity index (χ4v) is 1.76. The van der Waals surface area contributed by atoms with Gasteiger partial charge in [-0.25, -0.2) is 0 Å². The molecule has 1 aromatic rings. The summed E-state index contributed by atoms with van der Waals surface area (Å²) in [6.45, 7) is 2.91. The highest BCUT2D eigenvalue weighted by atomic mass is 35.5. The standard InChI is InChI=1S/C13H19NO2.ClH/c1-3-4-10-14(2)12(13(15)16)11-8-6-5-7-9-11;/h5-9,12H,3-4,10H2,1-2H3,(H,15,16);1H. The van der Waals surface area contributed by atoms with E-state index in [0.717, 1.165) is 24.9 Å². The normalized spacial score (nSPS) is 11.9. The van der Waals surface area contributed by atoms with Gasteiger partial charge in [0.05, 0.1) is 0 Å². The smallest absolute Gasteiger partial charge is 0.325 e. The summed E-state index contributed by atoms with van der Waals surface area (Å²) in [5.74, 6) is -0.787. The molecule has 17 heavy (non-hydrogen) atoms. The Morgan fingerprint density at radius 1 is 1.35 bits per heavy atom. The highest BCUT2D eigenvalue weighted by molar-refractivity contribution is 5.85. The molecule has 0 bridgehead atoms. The van der Waals surface area contributed by atoms with Crippen molar-refractivity contribution in [2.75, 3.05) is 13.6 Å². The fraction of sp³-hybridized carbons (Fsp3) is 0.462. The minimum atomic E-state index is -0.787. The number of halogens is 1. The van der Waals surface area contributed by atoms with Crippen LogP contribution >= 0.6 is 12.4 Å². The number of carboxylic acid groups (broad SMARTS) is 1. The molecule has 1 unspecified atom stereocenters. The molecule has 0 saturated carbocycles. The molecule has 1 atom stereocenters. The molecular weight excluding hydrogens is 238 g/mol. The first kappa shape index (κ1) is 15.9. The predicted octanol–water partition coefficient (Wildman–Crippen LogP) is 2.97. The Hall–Kier alpha value is -1.06. The van der Waals surface area contributed by atoms with E-state index in [0.29, 0.717) is 0 Å². The lowest BCUT2D eigenvalue weighted by atomic mass is 10.1. The summed E-state index contributed by atoms with van der Waals surface area (Å²) >= 11 is 0. The summed E-state index contributed by atoms with van der Waals surface area (Å²) in [5.41, 5.74) is 0.841. The molecule has 0 saturated heterocycles. The van der Waals surface area contributed by atoms with Crippen molar-refractivity contribution in [3.05, 3.63) is 35.9 Å². The topological polar surface area (TPSA) is 40.5 Å². The van der Waals surface area contributed by atoms with Gasteiger partial charge >= 0.3 is 5.97 Å². The van der Waals surface area contributed by atoms with Crippen LogP contribution in [0.4, 0.5) is 0 Å². The Morgan fingerprint density at radius 3 is 2.41 bits per heavy atom.